The summed E-state index contributed by atoms with van der Waals surface area (Å²) in [6.07, 6.45) is 2.86. The molecule has 0 aromatic heterocycles. The molecule has 0 saturated carbocycles. The Morgan fingerprint density at radius 1 is 1.45 bits per heavy atom. The summed E-state index contributed by atoms with van der Waals surface area (Å²) >= 11 is 0. The quantitative estimate of drug-likeness (QED) is 0.574. The molecule has 0 radical (unpaired) electrons. The highest BCUT2D eigenvalue weighted by atomic mass is 15.1. The number of quaternary nitrogens is 1. The molecule has 0 amide bonds. The molecular formula is C9H18N2. The third-order valence-corrected chi connectivity index (χ3v) is 2.56. The summed E-state index contributed by atoms with van der Waals surface area (Å²) in [4.78, 5) is 1.81. The normalized spacial score (nSPS) is 29.1. The van der Waals surface area contributed by atoms with Gasteiger partial charge in [0.15, 0.2) is 0 Å². The third-order valence-electron chi connectivity index (χ3n) is 2.56. The molecule has 0 aromatic carbocycles. The van der Waals surface area contributed by atoms with Gasteiger partial charge in [0.05, 0.1) is 19.6 Å². The molecule has 1 saturated heterocycles. The molecule has 1 fully saturated rings. The summed E-state index contributed by atoms with van der Waals surface area (Å²) in [6, 6.07) is 0. The van der Waals surface area contributed by atoms with Gasteiger partial charge in [-0.05, 0) is 13.3 Å². The Hall–Kier alpha value is -0.550. The van der Waals surface area contributed by atoms with E-state index in [9.17, 15) is 0 Å². The minimum absolute atomic E-state index is 1.04. The SMILES string of the molecule is CCC1CC[NH+](CC)C1.[C-]#N. The van der Waals surface area contributed by atoms with E-state index >= 15 is 0 Å². The van der Waals surface area contributed by atoms with E-state index in [-0.39, 0.29) is 0 Å². The fraction of sp³-hybridized carbons (Fsp3) is 0.889. The maximum Gasteiger partial charge on any atom is 0.0801 e. The molecule has 2 nitrogen and oxygen atoms in total. The molecule has 64 valence electrons. The lowest BCUT2D eigenvalue weighted by molar-refractivity contribution is -0.887. The smallest absolute Gasteiger partial charge is 0.0801 e. The Labute approximate surface area is 69.8 Å². The van der Waals surface area contributed by atoms with Crippen molar-refractivity contribution in [1.29, 1.82) is 5.26 Å². The van der Waals surface area contributed by atoms with E-state index in [0.717, 1.165) is 5.92 Å². The molecule has 0 aromatic rings. The van der Waals surface area contributed by atoms with Crippen LogP contribution in [0.4, 0.5) is 0 Å². The van der Waals surface area contributed by atoms with Gasteiger partial charge in [0.1, 0.15) is 0 Å². The van der Waals surface area contributed by atoms with Crippen LogP contribution in [-0.4, -0.2) is 19.6 Å². The summed E-state index contributed by atoms with van der Waals surface area (Å²) in [5.41, 5.74) is 0. The largest absolute Gasteiger partial charge is 0.512 e. The summed E-state index contributed by atoms with van der Waals surface area (Å²) in [7, 11) is 0. The average Bonchev–Trinajstić information content (AvgIpc) is 2.55. The first-order chi connectivity index (χ1) is 5.36. The molecule has 11 heavy (non-hydrogen) atoms. The number of likely N-dealkylation sites (tertiary alicyclic amines) is 1. The van der Waals surface area contributed by atoms with Gasteiger partial charge in [0.2, 0.25) is 0 Å². The van der Waals surface area contributed by atoms with Crippen LogP contribution in [0.25, 0.3) is 0 Å². The van der Waals surface area contributed by atoms with Crippen LogP contribution < -0.4 is 4.90 Å². The number of nitrogens with zero attached hydrogens (tertiary/aromatic N) is 1. The van der Waals surface area contributed by atoms with Crippen molar-refractivity contribution in [1.82, 2.24) is 0 Å². The lowest BCUT2D eigenvalue weighted by Gasteiger charge is -2.08. The van der Waals surface area contributed by atoms with Crippen molar-refractivity contribution in [2.75, 3.05) is 19.6 Å². The Kier molecular flexibility index (Phi) is 5.87. The van der Waals surface area contributed by atoms with Crippen molar-refractivity contribution in [3.8, 4) is 0 Å². The molecule has 1 heterocycles. The fourth-order valence-electron chi connectivity index (χ4n) is 1.69. The minimum Gasteiger partial charge on any atom is -0.512 e. The average molecular weight is 154 g/mol. The lowest BCUT2D eigenvalue weighted by atomic mass is 10.1. The van der Waals surface area contributed by atoms with Gasteiger partial charge in [0, 0.05) is 12.3 Å². The van der Waals surface area contributed by atoms with Crippen LogP contribution in [0, 0.1) is 17.8 Å². The maximum atomic E-state index is 6.25. The molecule has 2 heteroatoms. The van der Waals surface area contributed by atoms with E-state index in [2.05, 4.69) is 13.8 Å². The van der Waals surface area contributed by atoms with Crippen LogP contribution in [0.3, 0.4) is 0 Å². The van der Waals surface area contributed by atoms with E-state index < -0.39 is 0 Å². The van der Waals surface area contributed by atoms with Gasteiger partial charge in [-0.25, -0.2) is 0 Å². The molecule has 2 unspecified atom stereocenters. The molecule has 0 aliphatic carbocycles. The first-order valence-electron chi connectivity index (χ1n) is 4.42. The van der Waals surface area contributed by atoms with Gasteiger partial charge in [-0.3, -0.25) is 0 Å². The van der Waals surface area contributed by atoms with Gasteiger partial charge < -0.3 is 16.7 Å². The zero-order valence-corrected chi connectivity index (χ0v) is 7.56. The zero-order valence-electron chi connectivity index (χ0n) is 7.56. The zero-order chi connectivity index (χ0) is 8.69. The second-order valence-electron chi connectivity index (χ2n) is 3.12. The number of nitrogens with one attached hydrogen (secondary N) is 1. The summed E-state index contributed by atoms with van der Waals surface area (Å²) < 4.78 is 0. The van der Waals surface area contributed by atoms with Crippen LogP contribution in [0.1, 0.15) is 26.7 Å². The molecular weight excluding hydrogens is 136 g/mol. The van der Waals surface area contributed by atoms with E-state index in [4.69, 9.17) is 11.8 Å². The van der Waals surface area contributed by atoms with Crippen LogP contribution in [0.2, 0.25) is 0 Å². The maximum absolute atomic E-state index is 6.25. The predicted molar refractivity (Wildman–Crippen MR) is 44.6 cm³/mol. The topological polar surface area (TPSA) is 28.2 Å². The van der Waals surface area contributed by atoms with Crippen molar-refractivity contribution < 1.29 is 4.90 Å². The molecule has 1 N–H and O–H groups in total. The lowest BCUT2D eigenvalue weighted by Crippen LogP contribution is -3.09. The summed E-state index contributed by atoms with van der Waals surface area (Å²) in [5, 5.41) is 6.25. The highest BCUT2D eigenvalue weighted by Crippen LogP contribution is 2.07. The molecule has 1 aliphatic rings. The first-order valence-corrected chi connectivity index (χ1v) is 4.42. The highest BCUT2D eigenvalue weighted by molar-refractivity contribution is 4.58. The van der Waals surface area contributed by atoms with Crippen LogP contribution >= 0.6 is 0 Å². The monoisotopic (exact) mass is 154 g/mol. The highest BCUT2D eigenvalue weighted by Gasteiger charge is 2.22. The van der Waals surface area contributed by atoms with Crippen LogP contribution in [-0.2, 0) is 0 Å². The fourth-order valence-corrected chi connectivity index (χ4v) is 1.69. The van der Waals surface area contributed by atoms with Gasteiger partial charge in [-0.15, -0.1) is 0 Å². The minimum atomic E-state index is 1.04. The van der Waals surface area contributed by atoms with E-state index in [0.29, 0.717) is 0 Å². The Balaban J connectivity index is 0.000000461. The second kappa shape index (κ2) is 6.18. The van der Waals surface area contributed by atoms with Crippen molar-refractivity contribution in [3.63, 3.8) is 0 Å². The van der Waals surface area contributed by atoms with Gasteiger partial charge in [-0.1, -0.05) is 6.92 Å². The van der Waals surface area contributed by atoms with Crippen molar-refractivity contribution in [2.45, 2.75) is 26.7 Å². The first kappa shape index (κ1) is 10.4. The predicted octanol–water partition coefficient (Wildman–Crippen LogP) is 0.417. The molecule has 1 rings (SSSR count). The van der Waals surface area contributed by atoms with Gasteiger partial charge >= 0.3 is 0 Å². The Morgan fingerprint density at radius 3 is 2.36 bits per heavy atom. The van der Waals surface area contributed by atoms with Gasteiger partial charge in [0.25, 0.3) is 0 Å². The molecule has 2 atom stereocenters. The van der Waals surface area contributed by atoms with E-state index in [1.807, 2.05) is 4.90 Å². The second-order valence-corrected chi connectivity index (χ2v) is 3.12. The summed E-state index contributed by atoms with van der Waals surface area (Å²) in [5.74, 6) is 1.04. The molecule has 0 bridgehead atoms. The van der Waals surface area contributed by atoms with E-state index in [1.165, 1.54) is 32.5 Å². The van der Waals surface area contributed by atoms with Crippen molar-refractivity contribution in [2.24, 2.45) is 5.92 Å². The van der Waals surface area contributed by atoms with Crippen LogP contribution in [0.5, 0.6) is 0 Å². The standard InChI is InChI=1S/C8H17N.CN/c1-3-8-5-6-9(4-2)7-8;1-2/h8H,3-7H2,1-2H3;/q;-1/p+1. The number of hydrogen-bond acceptors (Lipinski definition) is 1. The summed E-state index contributed by atoms with van der Waals surface area (Å²) in [6.45, 7) is 13.5. The molecule has 0 spiro atoms. The third kappa shape index (κ3) is 3.38. The van der Waals surface area contributed by atoms with Crippen LogP contribution in [0.15, 0.2) is 0 Å². The van der Waals surface area contributed by atoms with Crippen molar-refractivity contribution in [3.05, 3.63) is 6.57 Å². The number of hydrogen-bond donors (Lipinski definition) is 1. The number of rotatable bonds is 2. The Morgan fingerprint density at radius 2 is 2.09 bits per heavy atom. The van der Waals surface area contributed by atoms with Gasteiger partial charge in [-0.2, -0.15) is 0 Å². The van der Waals surface area contributed by atoms with Crippen molar-refractivity contribution >= 4 is 0 Å². The molecule has 1 aliphatic heterocycles. The van der Waals surface area contributed by atoms with E-state index in [1.54, 1.807) is 0 Å². The Bertz CT molecular complexity index is 99.4.